The number of Topliss-reactive ketones (excluding diaryl/α,β-unsaturated/α-hetero) is 1. The van der Waals surface area contributed by atoms with Gasteiger partial charge >= 0.3 is 0 Å². The quantitative estimate of drug-likeness (QED) is 0.645. The van der Waals surface area contributed by atoms with Crippen molar-refractivity contribution in [1.29, 1.82) is 0 Å². The van der Waals surface area contributed by atoms with Crippen LogP contribution >= 0.6 is 11.6 Å². The van der Waals surface area contributed by atoms with E-state index in [0.717, 1.165) is 29.9 Å². The molecule has 5 nitrogen and oxygen atoms in total. The number of hydrogen-bond acceptors (Lipinski definition) is 4. The molecule has 1 aromatic heterocycles. The Morgan fingerprint density at radius 2 is 2.08 bits per heavy atom. The second-order valence-corrected chi connectivity index (χ2v) is 6.81. The van der Waals surface area contributed by atoms with Gasteiger partial charge < -0.3 is 19.6 Å². The van der Waals surface area contributed by atoms with Gasteiger partial charge in [-0.1, -0.05) is 23.7 Å². The lowest BCUT2D eigenvalue weighted by Crippen LogP contribution is -2.32. The number of ketones is 1. The highest BCUT2D eigenvalue weighted by atomic mass is 35.5. The SMILES string of the molecule is CC(=O)c1c(O)[nH]c2cc(Cl)c(-c3ccc(OCC4CCO4)cc3)cc12. The predicted octanol–water partition coefficient (Wildman–Crippen LogP) is 4.56. The number of rotatable bonds is 5. The molecule has 2 aromatic carbocycles. The molecule has 0 bridgehead atoms. The number of carbonyl (C=O) groups is 1. The molecule has 1 aliphatic rings. The van der Waals surface area contributed by atoms with Crippen LogP contribution in [0.25, 0.3) is 22.0 Å². The highest BCUT2D eigenvalue weighted by Crippen LogP contribution is 2.36. The van der Waals surface area contributed by atoms with Crippen LogP contribution in [0, 0.1) is 0 Å². The summed E-state index contributed by atoms with van der Waals surface area (Å²) in [6, 6.07) is 11.2. The van der Waals surface area contributed by atoms with Crippen LogP contribution < -0.4 is 4.74 Å². The number of aromatic nitrogens is 1. The molecule has 134 valence electrons. The van der Waals surface area contributed by atoms with E-state index in [-0.39, 0.29) is 23.3 Å². The van der Waals surface area contributed by atoms with Gasteiger partial charge in [-0.2, -0.15) is 0 Å². The largest absolute Gasteiger partial charge is 0.494 e. The van der Waals surface area contributed by atoms with Crippen molar-refractivity contribution in [1.82, 2.24) is 4.98 Å². The molecule has 26 heavy (non-hydrogen) atoms. The first-order valence-electron chi connectivity index (χ1n) is 8.43. The van der Waals surface area contributed by atoms with Crippen LogP contribution in [0.4, 0.5) is 0 Å². The second kappa shape index (κ2) is 6.67. The van der Waals surface area contributed by atoms with Gasteiger partial charge in [0.15, 0.2) is 5.78 Å². The molecule has 0 radical (unpaired) electrons. The van der Waals surface area contributed by atoms with Crippen LogP contribution in [0.3, 0.4) is 0 Å². The monoisotopic (exact) mass is 371 g/mol. The lowest BCUT2D eigenvalue weighted by molar-refractivity contribution is -0.0720. The molecule has 2 heterocycles. The lowest BCUT2D eigenvalue weighted by atomic mass is 10.0. The van der Waals surface area contributed by atoms with Crippen molar-refractivity contribution >= 4 is 28.3 Å². The van der Waals surface area contributed by atoms with Crippen molar-refractivity contribution in [2.24, 2.45) is 0 Å². The average molecular weight is 372 g/mol. The van der Waals surface area contributed by atoms with Crippen LogP contribution in [0.15, 0.2) is 36.4 Å². The summed E-state index contributed by atoms with van der Waals surface area (Å²) in [7, 11) is 0. The van der Waals surface area contributed by atoms with E-state index in [1.54, 1.807) is 6.07 Å². The van der Waals surface area contributed by atoms with Gasteiger partial charge in [0.2, 0.25) is 5.88 Å². The van der Waals surface area contributed by atoms with Crippen molar-refractivity contribution in [2.45, 2.75) is 19.4 Å². The number of benzene rings is 2. The second-order valence-electron chi connectivity index (χ2n) is 6.40. The summed E-state index contributed by atoms with van der Waals surface area (Å²) in [4.78, 5) is 14.6. The van der Waals surface area contributed by atoms with Gasteiger partial charge in [-0.3, -0.25) is 4.79 Å². The summed E-state index contributed by atoms with van der Waals surface area (Å²) in [5.74, 6) is 0.428. The molecule has 4 rings (SSSR count). The number of carbonyl (C=O) groups excluding carboxylic acids is 1. The number of ether oxygens (including phenoxy) is 2. The van der Waals surface area contributed by atoms with Crippen LogP contribution in [-0.4, -0.2) is 35.2 Å². The maximum absolute atomic E-state index is 11.8. The Morgan fingerprint density at radius 1 is 1.35 bits per heavy atom. The predicted molar refractivity (Wildman–Crippen MR) is 100 cm³/mol. The molecule has 1 aliphatic heterocycles. The first-order chi connectivity index (χ1) is 12.5. The Balaban J connectivity index is 1.65. The fourth-order valence-corrected chi connectivity index (χ4v) is 3.39. The molecule has 0 aliphatic carbocycles. The molecule has 0 saturated carbocycles. The summed E-state index contributed by atoms with van der Waals surface area (Å²) in [5.41, 5.74) is 2.59. The van der Waals surface area contributed by atoms with Crippen molar-refractivity contribution in [3.63, 3.8) is 0 Å². The number of halogens is 1. The van der Waals surface area contributed by atoms with Gasteiger partial charge in [0.25, 0.3) is 0 Å². The van der Waals surface area contributed by atoms with Gasteiger partial charge in [-0.15, -0.1) is 0 Å². The number of nitrogens with one attached hydrogen (secondary N) is 1. The molecule has 3 aromatic rings. The van der Waals surface area contributed by atoms with E-state index in [9.17, 15) is 9.90 Å². The Hall–Kier alpha value is -2.50. The van der Waals surface area contributed by atoms with Gasteiger partial charge in [0, 0.05) is 24.0 Å². The summed E-state index contributed by atoms with van der Waals surface area (Å²) in [6.07, 6.45) is 1.23. The summed E-state index contributed by atoms with van der Waals surface area (Å²) in [5, 5.41) is 11.2. The zero-order valence-electron chi connectivity index (χ0n) is 14.2. The minimum absolute atomic E-state index is 0.136. The fourth-order valence-electron chi connectivity index (χ4n) is 3.11. The van der Waals surface area contributed by atoms with Gasteiger partial charge in [-0.25, -0.2) is 0 Å². The Morgan fingerprint density at radius 3 is 2.69 bits per heavy atom. The van der Waals surface area contributed by atoms with Crippen molar-refractivity contribution in [3.05, 3.63) is 47.0 Å². The molecule has 1 atom stereocenters. The Kier molecular flexibility index (Phi) is 4.34. The lowest BCUT2D eigenvalue weighted by Gasteiger charge is -2.26. The molecule has 1 unspecified atom stereocenters. The summed E-state index contributed by atoms with van der Waals surface area (Å²) >= 11 is 6.41. The van der Waals surface area contributed by atoms with Crippen molar-refractivity contribution < 1.29 is 19.4 Å². The number of H-pyrrole nitrogens is 1. The van der Waals surface area contributed by atoms with Gasteiger partial charge in [-0.05, 0) is 36.8 Å². The molecule has 0 amide bonds. The Labute approximate surface area is 155 Å². The molecule has 6 heteroatoms. The zero-order valence-corrected chi connectivity index (χ0v) is 15.0. The van der Waals surface area contributed by atoms with E-state index < -0.39 is 0 Å². The van der Waals surface area contributed by atoms with Crippen LogP contribution in [-0.2, 0) is 4.74 Å². The van der Waals surface area contributed by atoms with E-state index in [4.69, 9.17) is 21.1 Å². The topological polar surface area (TPSA) is 71.5 Å². The smallest absolute Gasteiger partial charge is 0.200 e. The third-order valence-corrected chi connectivity index (χ3v) is 4.93. The minimum Gasteiger partial charge on any atom is -0.494 e. The first kappa shape index (κ1) is 16.9. The molecule has 0 spiro atoms. The average Bonchev–Trinajstić information content (AvgIpc) is 2.88. The van der Waals surface area contributed by atoms with E-state index in [0.29, 0.717) is 22.5 Å². The van der Waals surface area contributed by atoms with Crippen molar-refractivity contribution in [3.8, 4) is 22.8 Å². The first-order valence-corrected chi connectivity index (χ1v) is 8.80. The van der Waals surface area contributed by atoms with Crippen LogP contribution in [0.5, 0.6) is 11.6 Å². The summed E-state index contributed by atoms with van der Waals surface area (Å²) in [6.45, 7) is 2.79. The standard InChI is InChI=1S/C20H18ClNO4/c1-11(23)19-16-8-15(17(21)9-18(16)22-20(19)24)12-2-4-13(5-3-12)26-10-14-6-7-25-14/h2-5,8-9,14,22,24H,6-7,10H2,1H3. The zero-order chi connectivity index (χ0) is 18.3. The van der Waals surface area contributed by atoms with E-state index in [1.807, 2.05) is 30.3 Å². The number of aromatic amines is 1. The van der Waals surface area contributed by atoms with Gasteiger partial charge in [0.05, 0.1) is 22.2 Å². The molecular formula is C20H18ClNO4. The number of aromatic hydroxyl groups is 1. The molecule has 1 saturated heterocycles. The van der Waals surface area contributed by atoms with Gasteiger partial charge in [0.1, 0.15) is 12.4 Å². The highest BCUT2D eigenvalue weighted by molar-refractivity contribution is 6.34. The third kappa shape index (κ3) is 3.04. The van der Waals surface area contributed by atoms with Crippen molar-refractivity contribution in [2.75, 3.05) is 13.2 Å². The number of fused-ring (bicyclic) bond motifs is 1. The number of hydrogen-bond donors (Lipinski definition) is 2. The van der Waals surface area contributed by atoms with E-state index in [2.05, 4.69) is 4.98 Å². The third-order valence-electron chi connectivity index (χ3n) is 4.61. The highest BCUT2D eigenvalue weighted by Gasteiger charge is 2.19. The maximum Gasteiger partial charge on any atom is 0.200 e. The maximum atomic E-state index is 11.8. The fraction of sp³-hybridized carbons (Fsp3) is 0.250. The molecule has 1 fully saturated rings. The normalized spacial score (nSPS) is 16.5. The van der Waals surface area contributed by atoms with Crippen LogP contribution in [0.2, 0.25) is 5.02 Å². The van der Waals surface area contributed by atoms with E-state index in [1.165, 1.54) is 6.92 Å². The minimum atomic E-state index is -0.205. The van der Waals surface area contributed by atoms with Crippen LogP contribution in [0.1, 0.15) is 23.7 Å². The Bertz CT molecular complexity index is 974. The molecular weight excluding hydrogens is 354 g/mol. The summed E-state index contributed by atoms with van der Waals surface area (Å²) < 4.78 is 11.1. The van der Waals surface area contributed by atoms with E-state index >= 15 is 0 Å². The molecule has 2 N–H and O–H groups in total.